The zero-order chi connectivity index (χ0) is 10.7. The first kappa shape index (κ1) is 15.3. The van der Waals surface area contributed by atoms with E-state index < -0.39 is 0 Å². The van der Waals surface area contributed by atoms with E-state index in [1.54, 1.807) is 0 Å². The Bertz CT molecular complexity index is 85.7. The summed E-state index contributed by atoms with van der Waals surface area (Å²) in [5.74, 6) is 0. The van der Waals surface area contributed by atoms with E-state index in [-0.39, 0.29) is 12.1 Å². The fraction of sp³-hybridized carbons (Fsp3) is 1.00. The van der Waals surface area contributed by atoms with Gasteiger partial charge in [-0.2, -0.15) is 0 Å². The van der Waals surface area contributed by atoms with Crippen LogP contribution in [0, 0.1) is 0 Å². The molecule has 4 nitrogen and oxygen atoms in total. The van der Waals surface area contributed by atoms with Crippen LogP contribution in [-0.2, 0) is 0 Å². The molecule has 0 aliphatic carbocycles. The number of nitrogens with two attached hydrogens (primary N) is 4. The third-order valence-corrected chi connectivity index (χ3v) is 1.60. The number of unbranched alkanes of at least 4 members (excludes halogenated alkanes) is 1. The van der Waals surface area contributed by atoms with Crippen LogP contribution >= 0.6 is 0 Å². The molecule has 0 saturated heterocycles. The largest absolute Gasteiger partial charge is 0.329 e. The zero-order valence-corrected chi connectivity index (χ0v) is 9.00. The van der Waals surface area contributed by atoms with Gasteiger partial charge in [0.2, 0.25) is 0 Å². The van der Waals surface area contributed by atoms with E-state index in [2.05, 4.69) is 6.92 Å². The Balaban J connectivity index is 0. The summed E-state index contributed by atoms with van der Waals surface area (Å²) >= 11 is 0. The van der Waals surface area contributed by atoms with Crippen LogP contribution in [0.25, 0.3) is 0 Å². The van der Waals surface area contributed by atoms with Crippen molar-refractivity contribution in [2.24, 2.45) is 22.9 Å². The average Bonchev–Trinajstić information content (AvgIpc) is 2.15. The molecule has 2 unspecified atom stereocenters. The Labute approximate surface area is 82.0 Å². The minimum absolute atomic E-state index is 0.162. The molecule has 2 atom stereocenters. The topological polar surface area (TPSA) is 104 Å². The van der Waals surface area contributed by atoms with Gasteiger partial charge in [0, 0.05) is 25.2 Å². The zero-order valence-electron chi connectivity index (χ0n) is 9.00. The minimum Gasteiger partial charge on any atom is -0.329 e. The van der Waals surface area contributed by atoms with Crippen LogP contribution in [0.3, 0.4) is 0 Å². The van der Waals surface area contributed by atoms with E-state index in [4.69, 9.17) is 22.9 Å². The van der Waals surface area contributed by atoms with Crippen LogP contribution in [0.15, 0.2) is 0 Å². The third-order valence-electron chi connectivity index (χ3n) is 1.60. The highest BCUT2D eigenvalue weighted by atomic mass is 14.7. The van der Waals surface area contributed by atoms with Crippen molar-refractivity contribution in [1.29, 1.82) is 0 Å². The van der Waals surface area contributed by atoms with Crippen LogP contribution in [-0.4, -0.2) is 25.2 Å². The van der Waals surface area contributed by atoms with Gasteiger partial charge >= 0.3 is 0 Å². The van der Waals surface area contributed by atoms with Crippen LogP contribution < -0.4 is 22.9 Å². The highest BCUT2D eigenvalue weighted by Crippen LogP contribution is 1.95. The molecule has 0 aliphatic rings. The van der Waals surface area contributed by atoms with Crippen molar-refractivity contribution in [2.45, 2.75) is 45.2 Å². The van der Waals surface area contributed by atoms with E-state index in [0.29, 0.717) is 13.1 Å². The molecular formula is C9H26N4. The summed E-state index contributed by atoms with van der Waals surface area (Å²) in [4.78, 5) is 0. The Morgan fingerprint density at radius 3 is 1.77 bits per heavy atom. The molecule has 0 aromatic heterocycles. The van der Waals surface area contributed by atoms with Gasteiger partial charge in [-0.1, -0.05) is 19.8 Å². The van der Waals surface area contributed by atoms with Crippen molar-refractivity contribution >= 4 is 0 Å². The van der Waals surface area contributed by atoms with Crippen molar-refractivity contribution < 1.29 is 0 Å². The second kappa shape index (κ2) is 11.8. The molecule has 0 saturated carbocycles. The molecular weight excluding hydrogens is 164 g/mol. The van der Waals surface area contributed by atoms with E-state index in [0.717, 1.165) is 6.42 Å². The van der Waals surface area contributed by atoms with Crippen molar-refractivity contribution in [1.82, 2.24) is 0 Å². The molecule has 0 heterocycles. The van der Waals surface area contributed by atoms with Crippen molar-refractivity contribution in [2.75, 3.05) is 13.1 Å². The molecule has 0 rings (SSSR count). The highest BCUT2D eigenvalue weighted by Gasteiger charge is 1.95. The van der Waals surface area contributed by atoms with Gasteiger partial charge in [-0.3, -0.25) is 0 Å². The Morgan fingerprint density at radius 2 is 1.54 bits per heavy atom. The van der Waals surface area contributed by atoms with Crippen LogP contribution in [0.2, 0.25) is 0 Å². The standard InChI is InChI=1S/C6H16N2.C3H10N2/c1-2-3-4-6(8)5-7;1-3(5)2-4/h6H,2-5,7-8H2,1H3;3H,2,4-5H2,1H3. The predicted octanol–water partition coefficient (Wildman–Crippen LogP) is -0.245. The molecule has 0 amide bonds. The van der Waals surface area contributed by atoms with Crippen molar-refractivity contribution in [3.05, 3.63) is 0 Å². The second-order valence-electron chi connectivity index (χ2n) is 3.35. The van der Waals surface area contributed by atoms with Crippen molar-refractivity contribution in [3.63, 3.8) is 0 Å². The third kappa shape index (κ3) is 18.7. The van der Waals surface area contributed by atoms with Crippen LogP contribution in [0.5, 0.6) is 0 Å². The molecule has 0 aromatic rings. The molecule has 0 fully saturated rings. The molecule has 0 spiro atoms. The molecule has 13 heavy (non-hydrogen) atoms. The fourth-order valence-electron chi connectivity index (χ4n) is 0.584. The molecule has 82 valence electrons. The number of rotatable bonds is 5. The van der Waals surface area contributed by atoms with Gasteiger partial charge < -0.3 is 22.9 Å². The fourth-order valence-corrected chi connectivity index (χ4v) is 0.584. The van der Waals surface area contributed by atoms with E-state index in [1.165, 1.54) is 12.8 Å². The van der Waals surface area contributed by atoms with Gasteiger partial charge in [0.05, 0.1) is 0 Å². The average molecular weight is 190 g/mol. The van der Waals surface area contributed by atoms with Gasteiger partial charge in [-0.15, -0.1) is 0 Å². The summed E-state index contributed by atoms with van der Waals surface area (Å²) in [6, 6.07) is 0.393. The predicted molar refractivity (Wildman–Crippen MR) is 59.3 cm³/mol. The van der Waals surface area contributed by atoms with Gasteiger partial charge in [0.15, 0.2) is 0 Å². The summed E-state index contributed by atoms with van der Waals surface area (Å²) in [5, 5.41) is 0. The Hall–Kier alpha value is -0.160. The normalized spacial score (nSPS) is 14.3. The maximum absolute atomic E-state index is 5.53. The molecule has 0 bridgehead atoms. The van der Waals surface area contributed by atoms with Crippen molar-refractivity contribution in [3.8, 4) is 0 Å². The lowest BCUT2D eigenvalue weighted by atomic mass is 10.1. The smallest absolute Gasteiger partial charge is 0.0163 e. The van der Waals surface area contributed by atoms with Gasteiger partial charge in [0.1, 0.15) is 0 Å². The van der Waals surface area contributed by atoms with Gasteiger partial charge in [-0.25, -0.2) is 0 Å². The van der Waals surface area contributed by atoms with E-state index in [1.807, 2.05) is 6.92 Å². The number of hydrogen-bond donors (Lipinski definition) is 4. The van der Waals surface area contributed by atoms with Crippen LogP contribution in [0.1, 0.15) is 33.1 Å². The van der Waals surface area contributed by atoms with Gasteiger partial charge in [0.25, 0.3) is 0 Å². The monoisotopic (exact) mass is 190 g/mol. The highest BCUT2D eigenvalue weighted by molar-refractivity contribution is 4.59. The first-order valence-electron chi connectivity index (χ1n) is 4.99. The maximum atomic E-state index is 5.53. The van der Waals surface area contributed by atoms with Crippen LogP contribution in [0.4, 0.5) is 0 Å². The SMILES string of the molecule is CC(N)CN.CCCCC(N)CN. The molecule has 0 aromatic carbocycles. The molecule has 0 radical (unpaired) electrons. The lowest BCUT2D eigenvalue weighted by Gasteiger charge is -2.04. The first-order valence-corrected chi connectivity index (χ1v) is 4.99. The van der Waals surface area contributed by atoms with Gasteiger partial charge in [-0.05, 0) is 13.3 Å². The Kier molecular flexibility index (Phi) is 14.0. The summed E-state index contributed by atoms with van der Waals surface area (Å²) in [7, 11) is 0. The van der Waals surface area contributed by atoms with E-state index >= 15 is 0 Å². The molecule has 8 N–H and O–H groups in total. The summed E-state index contributed by atoms with van der Waals surface area (Å²) in [5.41, 5.74) is 21.0. The lowest BCUT2D eigenvalue weighted by molar-refractivity contribution is 0.584. The second-order valence-corrected chi connectivity index (χ2v) is 3.35. The summed E-state index contributed by atoms with van der Waals surface area (Å²) in [6.45, 7) is 5.24. The Morgan fingerprint density at radius 1 is 1.08 bits per heavy atom. The maximum Gasteiger partial charge on any atom is 0.0163 e. The van der Waals surface area contributed by atoms with E-state index in [9.17, 15) is 0 Å². The quantitative estimate of drug-likeness (QED) is 0.480. The lowest BCUT2D eigenvalue weighted by Crippen LogP contribution is -2.29. The summed E-state index contributed by atoms with van der Waals surface area (Å²) in [6.07, 6.45) is 3.50. The molecule has 0 aliphatic heterocycles. The first-order chi connectivity index (χ1) is 6.08. The minimum atomic E-state index is 0.162. The summed E-state index contributed by atoms with van der Waals surface area (Å²) < 4.78 is 0. The molecule has 4 heteroatoms. The number of hydrogen-bond acceptors (Lipinski definition) is 4.